The van der Waals surface area contributed by atoms with Crippen LogP contribution in [0.2, 0.25) is 0 Å². The monoisotopic (exact) mass is 322 g/mol. The fourth-order valence-electron chi connectivity index (χ4n) is 1.78. The van der Waals surface area contributed by atoms with Gasteiger partial charge >= 0.3 is 0 Å². The molecular weight excluding hydrogens is 304 g/mol. The number of hydrogen-bond acceptors (Lipinski definition) is 6. The van der Waals surface area contributed by atoms with Crippen molar-refractivity contribution in [1.82, 2.24) is 0 Å². The second-order valence-corrected chi connectivity index (χ2v) is 8.63. The molecule has 0 amide bonds. The van der Waals surface area contributed by atoms with Crippen molar-refractivity contribution in [2.45, 2.75) is 22.3 Å². The van der Waals surface area contributed by atoms with E-state index in [2.05, 4.69) is 0 Å². The molecule has 8 heteroatoms. The fraction of sp³-hybridized carbons (Fsp3) is 0.500. The highest BCUT2D eigenvalue weighted by Crippen LogP contribution is 2.22. The molecule has 1 aromatic rings. The van der Waals surface area contributed by atoms with Gasteiger partial charge in [0.15, 0.2) is 19.7 Å². The lowest BCUT2D eigenvalue weighted by molar-refractivity contribution is 0.0646. The molecule has 0 bridgehead atoms. The van der Waals surface area contributed by atoms with Crippen LogP contribution in [0.25, 0.3) is 0 Å². The molecule has 0 aliphatic carbocycles. The summed E-state index contributed by atoms with van der Waals surface area (Å²) in [6.07, 6.45) is 1.22. The summed E-state index contributed by atoms with van der Waals surface area (Å²) >= 11 is 0. The maximum Gasteiger partial charge on any atom is 0.175 e. The van der Waals surface area contributed by atoms with E-state index in [-0.39, 0.29) is 22.8 Å². The molecular formula is C12H18O6S2. The Morgan fingerprint density at radius 1 is 1.15 bits per heavy atom. The van der Waals surface area contributed by atoms with Crippen molar-refractivity contribution in [3.63, 3.8) is 0 Å². The van der Waals surface area contributed by atoms with Gasteiger partial charge in [-0.1, -0.05) is 6.07 Å². The Bertz CT molecular complexity index is 676. The third-order valence-corrected chi connectivity index (χ3v) is 4.97. The summed E-state index contributed by atoms with van der Waals surface area (Å²) in [5, 5.41) is 9.68. The van der Waals surface area contributed by atoms with Crippen molar-refractivity contribution >= 4 is 19.7 Å². The molecule has 0 saturated heterocycles. The predicted molar refractivity (Wildman–Crippen MR) is 74.2 cm³/mol. The second-order valence-electron chi connectivity index (χ2n) is 4.63. The Kier molecular flexibility index (Phi) is 5.31. The van der Waals surface area contributed by atoms with E-state index in [4.69, 9.17) is 4.74 Å². The number of methoxy groups -OCH3 is 1. The van der Waals surface area contributed by atoms with Crippen molar-refractivity contribution in [3.8, 4) is 0 Å². The Hall–Kier alpha value is -0.960. The quantitative estimate of drug-likeness (QED) is 0.794. The first-order valence-corrected chi connectivity index (χ1v) is 9.54. The van der Waals surface area contributed by atoms with E-state index in [1.165, 1.54) is 19.2 Å². The molecule has 0 aromatic heterocycles. The van der Waals surface area contributed by atoms with Crippen LogP contribution in [0.5, 0.6) is 0 Å². The Morgan fingerprint density at radius 2 is 1.75 bits per heavy atom. The van der Waals surface area contributed by atoms with Crippen LogP contribution in [0.1, 0.15) is 5.56 Å². The first-order chi connectivity index (χ1) is 9.05. The van der Waals surface area contributed by atoms with Crippen molar-refractivity contribution in [2.75, 3.05) is 26.2 Å². The van der Waals surface area contributed by atoms with Crippen LogP contribution in [0, 0.1) is 0 Å². The smallest absolute Gasteiger partial charge is 0.175 e. The average molecular weight is 322 g/mol. The van der Waals surface area contributed by atoms with Crippen LogP contribution >= 0.6 is 0 Å². The summed E-state index contributed by atoms with van der Waals surface area (Å²) in [6, 6.07) is 3.87. The number of rotatable bonds is 6. The molecule has 1 rings (SSSR count). The molecule has 0 fully saturated rings. The molecule has 1 unspecified atom stereocenters. The molecule has 114 valence electrons. The van der Waals surface area contributed by atoms with E-state index in [0.29, 0.717) is 5.56 Å². The molecule has 0 spiro atoms. The normalized spacial score (nSPS) is 14.2. The van der Waals surface area contributed by atoms with Crippen molar-refractivity contribution in [3.05, 3.63) is 23.8 Å². The summed E-state index contributed by atoms with van der Waals surface area (Å²) in [7, 11) is -5.66. The largest absolute Gasteiger partial charge is 0.390 e. The number of hydrogen-bond donors (Lipinski definition) is 1. The van der Waals surface area contributed by atoms with E-state index < -0.39 is 25.8 Å². The lowest BCUT2D eigenvalue weighted by Gasteiger charge is -2.13. The first-order valence-electron chi connectivity index (χ1n) is 5.75. The van der Waals surface area contributed by atoms with Crippen molar-refractivity contribution < 1.29 is 26.7 Å². The zero-order valence-corrected chi connectivity index (χ0v) is 13.2. The Morgan fingerprint density at radius 3 is 2.20 bits per heavy atom. The topological polar surface area (TPSA) is 97.7 Å². The van der Waals surface area contributed by atoms with Gasteiger partial charge in [-0.25, -0.2) is 16.8 Å². The van der Waals surface area contributed by atoms with Gasteiger partial charge in [-0.2, -0.15) is 0 Å². The van der Waals surface area contributed by atoms with Gasteiger partial charge in [-0.05, 0) is 17.7 Å². The van der Waals surface area contributed by atoms with Crippen LogP contribution in [-0.2, 0) is 30.8 Å². The average Bonchev–Trinajstić information content (AvgIpc) is 2.26. The van der Waals surface area contributed by atoms with Crippen LogP contribution in [0.15, 0.2) is 28.0 Å². The summed E-state index contributed by atoms with van der Waals surface area (Å²) < 4.78 is 51.3. The Balaban J connectivity index is 3.33. The predicted octanol–water partition coefficient (Wildman–Crippen LogP) is 0.0434. The zero-order valence-electron chi connectivity index (χ0n) is 11.5. The van der Waals surface area contributed by atoms with Crippen LogP contribution < -0.4 is 0 Å². The molecule has 20 heavy (non-hydrogen) atoms. The van der Waals surface area contributed by atoms with Gasteiger partial charge in [0, 0.05) is 26.0 Å². The van der Waals surface area contributed by atoms with E-state index in [1.807, 2.05) is 0 Å². The SMILES string of the molecule is COCC(O)Cc1ccc(S(C)(=O)=O)cc1S(C)(=O)=O. The lowest BCUT2D eigenvalue weighted by Crippen LogP contribution is -2.19. The lowest BCUT2D eigenvalue weighted by atomic mass is 10.1. The Labute approximate surface area is 119 Å². The standard InChI is InChI=1S/C12H18O6S2/c1-18-8-10(13)6-9-4-5-11(19(2,14)15)7-12(9)20(3,16)17/h4-5,7,10,13H,6,8H2,1-3H3. The number of benzene rings is 1. The third-order valence-electron chi connectivity index (χ3n) is 2.68. The zero-order chi connectivity index (χ0) is 15.6. The summed E-state index contributed by atoms with van der Waals surface area (Å²) in [4.78, 5) is -0.154. The molecule has 0 saturated carbocycles. The molecule has 0 radical (unpaired) electrons. The van der Waals surface area contributed by atoms with Gasteiger partial charge in [-0.3, -0.25) is 0 Å². The summed E-state index contributed by atoms with van der Waals surface area (Å²) in [6.45, 7) is 0.0665. The minimum absolute atomic E-state index is 0.0665. The molecule has 0 heterocycles. The summed E-state index contributed by atoms with van der Waals surface area (Å²) in [5.74, 6) is 0. The molecule has 1 aromatic carbocycles. The molecule has 6 nitrogen and oxygen atoms in total. The van der Waals surface area contributed by atoms with E-state index in [0.717, 1.165) is 18.6 Å². The van der Waals surface area contributed by atoms with Crippen molar-refractivity contribution in [2.24, 2.45) is 0 Å². The first kappa shape index (κ1) is 17.1. The van der Waals surface area contributed by atoms with Crippen LogP contribution in [0.3, 0.4) is 0 Å². The molecule has 1 atom stereocenters. The van der Waals surface area contributed by atoms with E-state index in [1.54, 1.807) is 0 Å². The maximum absolute atomic E-state index is 11.8. The number of ether oxygens (including phenoxy) is 1. The number of aliphatic hydroxyl groups excluding tert-OH is 1. The van der Waals surface area contributed by atoms with E-state index >= 15 is 0 Å². The van der Waals surface area contributed by atoms with Crippen LogP contribution in [0.4, 0.5) is 0 Å². The van der Waals surface area contributed by atoms with Crippen LogP contribution in [-0.4, -0.2) is 54.3 Å². The van der Waals surface area contributed by atoms with Gasteiger partial charge in [-0.15, -0.1) is 0 Å². The molecule has 0 aliphatic rings. The van der Waals surface area contributed by atoms with E-state index in [9.17, 15) is 21.9 Å². The van der Waals surface area contributed by atoms with Gasteiger partial charge in [0.2, 0.25) is 0 Å². The third kappa shape index (κ3) is 4.55. The molecule has 0 aliphatic heterocycles. The van der Waals surface area contributed by atoms with Gasteiger partial charge < -0.3 is 9.84 Å². The van der Waals surface area contributed by atoms with Gasteiger partial charge in [0.25, 0.3) is 0 Å². The second kappa shape index (κ2) is 6.21. The van der Waals surface area contributed by atoms with Gasteiger partial charge in [0.1, 0.15) is 0 Å². The molecule has 1 N–H and O–H groups in total. The van der Waals surface area contributed by atoms with Crippen molar-refractivity contribution in [1.29, 1.82) is 0 Å². The minimum atomic E-state index is -3.59. The number of sulfone groups is 2. The van der Waals surface area contributed by atoms with Gasteiger partial charge in [0.05, 0.1) is 22.5 Å². The fourth-order valence-corrected chi connectivity index (χ4v) is 3.47. The highest BCUT2D eigenvalue weighted by molar-refractivity contribution is 7.91. The maximum atomic E-state index is 11.8. The number of aliphatic hydroxyl groups is 1. The highest BCUT2D eigenvalue weighted by Gasteiger charge is 2.19. The highest BCUT2D eigenvalue weighted by atomic mass is 32.2. The summed E-state index contributed by atoms with van der Waals surface area (Å²) in [5.41, 5.74) is 0.365. The minimum Gasteiger partial charge on any atom is -0.390 e.